The van der Waals surface area contributed by atoms with E-state index in [4.69, 9.17) is 9.15 Å². The Balaban J connectivity index is 1.58. The van der Waals surface area contributed by atoms with Gasteiger partial charge < -0.3 is 14.5 Å². The maximum absolute atomic E-state index is 13.9. The molecule has 1 fully saturated rings. The van der Waals surface area contributed by atoms with Gasteiger partial charge in [0, 0.05) is 18.0 Å². The van der Waals surface area contributed by atoms with Crippen LogP contribution in [0.2, 0.25) is 0 Å². The van der Waals surface area contributed by atoms with Crippen LogP contribution in [0.5, 0.6) is 5.75 Å². The average Bonchev–Trinajstić information content (AvgIpc) is 3.36. The third-order valence-corrected chi connectivity index (χ3v) is 5.66. The van der Waals surface area contributed by atoms with Gasteiger partial charge in [-0.3, -0.25) is 4.79 Å². The number of allylic oxidation sites excluding steroid dienone is 1. The Labute approximate surface area is 180 Å². The number of carbonyl (C=O) groups is 1. The molecule has 3 aromatic rings. The van der Waals surface area contributed by atoms with Crippen molar-refractivity contribution in [2.45, 2.75) is 31.2 Å². The Hall–Kier alpha value is -3.60. The Kier molecular flexibility index (Phi) is 4.59. The molecule has 32 heavy (non-hydrogen) atoms. The van der Waals surface area contributed by atoms with Crippen LogP contribution in [0, 0.1) is 0 Å². The molecule has 0 radical (unpaired) electrons. The summed E-state index contributed by atoms with van der Waals surface area (Å²) in [4.78, 5) is 21.7. The Morgan fingerprint density at radius 2 is 1.94 bits per heavy atom. The molecule has 3 atom stereocenters. The zero-order chi connectivity index (χ0) is 22.6. The number of fused-ring (bicyclic) bond motifs is 2. The number of oxazole rings is 1. The molecule has 2 aliphatic rings. The van der Waals surface area contributed by atoms with Gasteiger partial charge in [0.15, 0.2) is 11.3 Å². The fourth-order valence-electron chi connectivity index (χ4n) is 4.23. The summed E-state index contributed by atoms with van der Waals surface area (Å²) in [7, 11) is 1.46. The number of hydrogen-bond donors (Lipinski definition) is 2. The summed E-state index contributed by atoms with van der Waals surface area (Å²) < 4.78 is 52.6. The predicted molar refractivity (Wildman–Crippen MR) is 107 cm³/mol. The lowest BCUT2D eigenvalue weighted by Gasteiger charge is -2.34. The van der Waals surface area contributed by atoms with Gasteiger partial charge in [0.2, 0.25) is 5.89 Å². The van der Waals surface area contributed by atoms with Gasteiger partial charge in [-0.2, -0.15) is 13.2 Å². The standard InChI is InChI=1S/C21H18F3N5O3/c1-10-13(18-27-15-12(31-2)8-9-25-19(15)32-18)20(30)29-17(26-10)14(11-6-4-3-5-7-11)16(28-29)21(22,23)24/h3-9,14,16-17,26,28H,1-2H3. The van der Waals surface area contributed by atoms with Crippen molar-refractivity contribution in [3.05, 3.63) is 59.7 Å². The Morgan fingerprint density at radius 1 is 1.19 bits per heavy atom. The number of alkyl halides is 3. The molecule has 1 aromatic carbocycles. The maximum atomic E-state index is 13.9. The summed E-state index contributed by atoms with van der Waals surface area (Å²) in [6.07, 6.45) is -4.06. The second kappa shape index (κ2) is 7.23. The topological polar surface area (TPSA) is 92.5 Å². The number of nitrogens with zero attached hydrogens (tertiary/aromatic N) is 3. The third kappa shape index (κ3) is 3.08. The lowest BCUT2D eigenvalue weighted by molar-refractivity contribution is -0.161. The van der Waals surface area contributed by atoms with E-state index >= 15 is 0 Å². The molecule has 2 aromatic heterocycles. The molecule has 166 valence electrons. The van der Waals surface area contributed by atoms with E-state index in [9.17, 15) is 18.0 Å². The second-order valence-electron chi connectivity index (χ2n) is 7.54. The van der Waals surface area contributed by atoms with E-state index in [0.717, 1.165) is 5.01 Å². The number of rotatable bonds is 3. The van der Waals surface area contributed by atoms with Gasteiger partial charge >= 0.3 is 6.18 Å². The van der Waals surface area contributed by atoms with Gasteiger partial charge in [-0.25, -0.2) is 20.4 Å². The number of benzene rings is 1. The summed E-state index contributed by atoms with van der Waals surface area (Å²) in [5, 5.41) is 4.02. The van der Waals surface area contributed by atoms with E-state index in [1.165, 1.54) is 13.3 Å². The summed E-state index contributed by atoms with van der Waals surface area (Å²) in [5.74, 6) is -1.39. The first-order valence-corrected chi connectivity index (χ1v) is 9.78. The largest absolute Gasteiger partial charge is 0.494 e. The number of hydrazine groups is 1. The molecule has 0 aliphatic carbocycles. The molecule has 2 N–H and O–H groups in total. The summed E-state index contributed by atoms with van der Waals surface area (Å²) >= 11 is 0. The van der Waals surface area contributed by atoms with Crippen LogP contribution in [0.1, 0.15) is 24.3 Å². The summed E-state index contributed by atoms with van der Waals surface area (Å²) in [5.41, 5.74) is 3.65. The molecule has 5 rings (SSSR count). The van der Waals surface area contributed by atoms with Crippen LogP contribution in [0.3, 0.4) is 0 Å². The summed E-state index contributed by atoms with van der Waals surface area (Å²) in [6.45, 7) is 1.60. The fourth-order valence-corrected chi connectivity index (χ4v) is 4.23. The van der Waals surface area contributed by atoms with Crippen molar-refractivity contribution in [3.63, 3.8) is 0 Å². The number of nitrogens with one attached hydrogen (secondary N) is 2. The normalized spacial score (nSPS) is 23.5. The highest BCUT2D eigenvalue weighted by atomic mass is 19.4. The first-order chi connectivity index (χ1) is 15.3. The highest BCUT2D eigenvalue weighted by molar-refractivity contribution is 6.20. The minimum absolute atomic E-state index is 0.0171. The number of ether oxygens (including phenoxy) is 1. The minimum atomic E-state index is -4.58. The highest BCUT2D eigenvalue weighted by Crippen LogP contribution is 2.42. The zero-order valence-electron chi connectivity index (χ0n) is 17.0. The van der Waals surface area contributed by atoms with E-state index in [1.54, 1.807) is 43.3 Å². The van der Waals surface area contributed by atoms with Gasteiger partial charge in [0.25, 0.3) is 11.6 Å². The number of aromatic nitrogens is 2. The van der Waals surface area contributed by atoms with Crippen LogP contribution < -0.4 is 15.5 Å². The monoisotopic (exact) mass is 445 g/mol. The fraction of sp³-hybridized carbons (Fsp3) is 0.286. The lowest BCUT2D eigenvalue weighted by Crippen LogP contribution is -2.54. The van der Waals surface area contributed by atoms with Gasteiger partial charge in [-0.15, -0.1) is 0 Å². The lowest BCUT2D eigenvalue weighted by atomic mass is 9.89. The van der Waals surface area contributed by atoms with Crippen molar-refractivity contribution < 1.29 is 27.1 Å². The molecule has 0 spiro atoms. The van der Waals surface area contributed by atoms with E-state index in [-0.39, 0.29) is 17.2 Å². The zero-order valence-corrected chi connectivity index (χ0v) is 17.0. The van der Waals surface area contributed by atoms with Crippen molar-refractivity contribution >= 4 is 22.7 Å². The quantitative estimate of drug-likeness (QED) is 0.640. The molecule has 8 nitrogen and oxygen atoms in total. The number of carbonyl (C=O) groups excluding carboxylic acids is 1. The van der Waals surface area contributed by atoms with Crippen LogP contribution in [-0.2, 0) is 4.79 Å². The van der Waals surface area contributed by atoms with Crippen LogP contribution in [-0.4, -0.2) is 46.4 Å². The second-order valence-corrected chi connectivity index (χ2v) is 7.54. The number of pyridine rings is 1. The highest BCUT2D eigenvalue weighted by Gasteiger charge is 2.58. The van der Waals surface area contributed by atoms with Gasteiger partial charge in [0.1, 0.15) is 17.8 Å². The molecular weight excluding hydrogens is 427 g/mol. The molecule has 1 saturated heterocycles. The Morgan fingerprint density at radius 3 is 2.62 bits per heavy atom. The molecular formula is C21H18F3N5O3. The van der Waals surface area contributed by atoms with E-state index in [2.05, 4.69) is 20.7 Å². The van der Waals surface area contributed by atoms with Gasteiger partial charge in [-0.05, 0) is 12.5 Å². The van der Waals surface area contributed by atoms with Crippen molar-refractivity contribution in [1.82, 2.24) is 25.7 Å². The van der Waals surface area contributed by atoms with Crippen molar-refractivity contribution in [3.8, 4) is 5.75 Å². The Bertz CT molecular complexity index is 1220. The van der Waals surface area contributed by atoms with Crippen molar-refractivity contribution in [1.29, 1.82) is 0 Å². The van der Waals surface area contributed by atoms with Crippen LogP contribution in [0.15, 0.2) is 52.7 Å². The maximum Gasteiger partial charge on any atom is 0.406 e. The molecule has 0 saturated carbocycles. The third-order valence-electron chi connectivity index (χ3n) is 5.66. The summed E-state index contributed by atoms with van der Waals surface area (Å²) in [6, 6.07) is 7.94. The molecule has 4 heterocycles. The van der Waals surface area contributed by atoms with E-state index in [0.29, 0.717) is 22.5 Å². The number of halogens is 3. The van der Waals surface area contributed by atoms with Crippen LogP contribution in [0.25, 0.3) is 16.8 Å². The smallest absolute Gasteiger partial charge is 0.406 e. The van der Waals surface area contributed by atoms with E-state index in [1.807, 2.05) is 0 Å². The van der Waals surface area contributed by atoms with Crippen LogP contribution in [0.4, 0.5) is 13.2 Å². The number of amides is 1. The van der Waals surface area contributed by atoms with E-state index < -0.39 is 30.2 Å². The molecule has 3 unspecified atom stereocenters. The number of hydrogen-bond acceptors (Lipinski definition) is 7. The number of methoxy groups -OCH3 is 1. The molecule has 1 amide bonds. The van der Waals surface area contributed by atoms with Crippen molar-refractivity contribution in [2.75, 3.05) is 7.11 Å². The predicted octanol–water partition coefficient (Wildman–Crippen LogP) is 2.95. The van der Waals surface area contributed by atoms with Crippen molar-refractivity contribution in [2.24, 2.45) is 0 Å². The molecule has 11 heteroatoms. The van der Waals surface area contributed by atoms with Gasteiger partial charge in [0.05, 0.1) is 13.0 Å². The SMILES string of the molecule is COc1ccnc2oc(C3=C(C)NC4C(c5ccccc5)C(C(F)(F)F)NN4C3=O)nc12. The first-order valence-electron chi connectivity index (χ1n) is 9.78. The average molecular weight is 445 g/mol. The van der Waals surface area contributed by atoms with Crippen LogP contribution >= 0.6 is 0 Å². The minimum Gasteiger partial charge on any atom is -0.494 e. The molecule has 0 bridgehead atoms. The molecule has 2 aliphatic heterocycles. The first kappa shape index (κ1) is 20.3. The van der Waals surface area contributed by atoms with Gasteiger partial charge in [-0.1, -0.05) is 30.3 Å².